The normalized spacial score (nSPS) is 11.1. The van der Waals surface area contributed by atoms with Crippen molar-refractivity contribution in [1.29, 1.82) is 0 Å². The molecule has 2 aromatic heterocycles. The van der Waals surface area contributed by atoms with Crippen LogP contribution in [0, 0.1) is 18.6 Å². The van der Waals surface area contributed by atoms with Crippen LogP contribution < -0.4 is 5.32 Å². The number of fused-ring (bicyclic) bond motifs is 1. The van der Waals surface area contributed by atoms with E-state index in [1.54, 1.807) is 6.92 Å². The van der Waals surface area contributed by atoms with Gasteiger partial charge in [0, 0.05) is 11.6 Å². The molecule has 0 spiro atoms. The first-order valence-corrected chi connectivity index (χ1v) is 6.50. The first kappa shape index (κ1) is 14.0. The van der Waals surface area contributed by atoms with Gasteiger partial charge in [-0.05, 0) is 13.0 Å². The van der Waals surface area contributed by atoms with Crippen molar-refractivity contribution in [3.63, 3.8) is 0 Å². The summed E-state index contributed by atoms with van der Waals surface area (Å²) in [6.45, 7) is 1.67. The lowest BCUT2D eigenvalue weighted by Crippen LogP contribution is -2.06. The predicted molar refractivity (Wildman–Crippen MR) is 75.2 cm³/mol. The molecule has 0 saturated carbocycles. The van der Waals surface area contributed by atoms with Crippen molar-refractivity contribution in [3.05, 3.63) is 45.8 Å². The molecule has 0 aliphatic rings. The minimum atomic E-state index is -0.833. The number of nitrogens with zero attached hydrogens (tertiary/aromatic N) is 4. The van der Waals surface area contributed by atoms with Crippen molar-refractivity contribution in [2.24, 2.45) is 0 Å². The molecule has 0 aliphatic carbocycles. The van der Waals surface area contributed by atoms with Crippen molar-refractivity contribution < 1.29 is 8.78 Å². The largest absolute Gasteiger partial charge is 0.336 e. The van der Waals surface area contributed by atoms with Crippen molar-refractivity contribution in [3.8, 4) is 0 Å². The Balaban J connectivity index is 2.19. The van der Waals surface area contributed by atoms with Gasteiger partial charge in [-0.1, -0.05) is 23.2 Å². The Morgan fingerprint density at radius 3 is 2.71 bits per heavy atom. The van der Waals surface area contributed by atoms with Gasteiger partial charge in [-0.15, -0.1) is 0 Å². The highest BCUT2D eigenvalue weighted by Gasteiger charge is 2.16. The van der Waals surface area contributed by atoms with Crippen LogP contribution in [0.4, 0.5) is 20.3 Å². The molecule has 0 atom stereocenters. The quantitative estimate of drug-likeness (QED) is 0.727. The molecule has 0 fully saturated rings. The van der Waals surface area contributed by atoms with Crippen LogP contribution in [0.3, 0.4) is 0 Å². The Bertz CT molecular complexity index is 826. The highest BCUT2D eigenvalue weighted by atomic mass is 35.5. The monoisotopic (exact) mass is 329 g/mol. The molecule has 0 radical (unpaired) electrons. The molecular weight excluding hydrogens is 323 g/mol. The summed E-state index contributed by atoms with van der Waals surface area (Å²) in [7, 11) is 0. The number of hydrogen-bond donors (Lipinski definition) is 1. The van der Waals surface area contributed by atoms with E-state index in [4.69, 9.17) is 23.2 Å². The van der Waals surface area contributed by atoms with Crippen LogP contribution >= 0.6 is 23.2 Å². The molecule has 1 aromatic carbocycles. The van der Waals surface area contributed by atoms with E-state index in [-0.39, 0.29) is 21.6 Å². The zero-order valence-corrected chi connectivity index (χ0v) is 12.0. The lowest BCUT2D eigenvalue weighted by molar-refractivity contribution is 0.586. The van der Waals surface area contributed by atoms with Crippen LogP contribution in [0.15, 0.2) is 18.5 Å². The first-order valence-electron chi connectivity index (χ1n) is 5.75. The third kappa shape index (κ3) is 2.38. The Kier molecular flexibility index (Phi) is 3.38. The SMILES string of the molecule is Cc1c(Cl)nc2ncnn2c1Nc1c(F)cc(F)cc1Cl. The first-order chi connectivity index (χ1) is 9.97. The number of benzene rings is 1. The molecule has 1 N–H and O–H groups in total. The van der Waals surface area contributed by atoms with Gasteiger partial charge in [0.05, 0.1) is 10.7 Å². The van der Waals surface area contributed by atoms with E-state index in [1.165, 1.54) is 10.8 Å². The Hall–Kier alpha value is -1.99. The highest BCUT2D eigenvalue weighted by molar-refractivity contribution is 6.33. The molecule has 0 amide bonds. The zero-order chi connectivity index (χ0) is 15.1. The van der Waals surface area contributed by atoms with Gasteiger partial charge in [0.25, 0.3) is 5.78 Å². The van der Waals surface area contributed by atoms with E-state index < -0.39 is 11.6 Å². The summed E-state index contributed by atoms with van der Waals surface area (Å²) in [4.78, 5) is 7.94. The van der Waals surface area contributed by atoms with Crippen molar-refractivity contribution >= 4 is 40.5 Å². The summed E-state index contributed by atoms with van der Waals surface area (Å²) in [5, 5.41) is 6.83. The molecular formula is C12H7Cl2F2N5. The molecule has 3 aromatic rings. The Morgan fingerprint density at radius 2 is 2.00 bits per heavy atom. The van der Waals surface area contributed by atoms with E-state index in [0.29, 0.717) is 11.4 Å². The highest BCUT2D eigenvalue weighted by Crippen LogP contribution is 2.32. The average molecular weight is 330 g/mol. The van der Waals surface area contributed by atoms with Gasteiger partial charge in [-0.2, -0.15) is 19.6 Å². The molecule has 5 nitrogen and oxygen atoms in total. The maximum absolute atomic E-state index is 13.9. The second-order valence-electron chi connectivity index (χ2n) is 4.22. The minimum absolute atomic E-state index is 0.0831. The standard InChI is InChI=1S/C12H7Cl2F2N5/c1-5-10(14)20-12-17-4-18-21(12)11(5)19-9-7(13)2-6(15)3-8(9)16/h2-4,19H,1H3. The number of rotatable bonds is 2. The van der Waals surface area contributed by atoms with E-state index >= 15 is 0 Å². The maximum Gasteiger partial charge on any atom is 0.255 e. The van der Waals surface area contributed by atoms with E-state index in [0.717, 1.165) is 12.1 Å². The molecule has 0 bridgehead atoms. The van der Waals surface area contributed by atoms with Crippen LogP contribution in [-0.2, 0) is 0 Å². The van der Waals surface area contributed by atoms with Crippen molar-refractivity contribution in [2.75, 3.05) is 5.32 Å². The second kappa shape index (κ2) is 5.09. The topological polar surface area (TPSA) is 55.1 Å². The number of aromatic nitrogens is 4. The molecule has 9 heteroatoms. The van der Waals surface area contributed by atoms with Crippen LogP contribution in [0.25, 0.3) is 5.78 Å². The number of halogens is 4. The van der Waals surface area contributed by atoms with E-state index in [2.05, 4.69) is 20.4 Å². The summed E-state index contributed by atoms with van der Waals surface area (Å²) < 4.78 is 28.3. The molecule has 108 valence electrons. The maximum atomic E-state index is 13.9. The number of nitrogens with one attached hydrogen (secondary N) is 1. The Labute approximate surface area is 127 Å². The fourth-order valence-electron chi connectivity index (χ4n) is 1.82. The van der Waals surface area contributed by atoms with Gasteiger partial charge in [0.2, 0.25) is 0 Å². The van der Waals surface area contributed by atoms with Crippen molar-refractivity contribution in [1.82, 2.24) is 19.6 Å². The fraction of sp³-hybridized carbons (Fsp3) is 0.0833. The van der Waals surface area contributed by atoms with Crippen LogP contribution in [0.2, 0.25) is 10.2 Å². The summed E-state index contributed by atoms with van der Waals surface area (Å²) in [5.41, 5.74) is 0.440. The van der Waals surface area contributed by atoms with Crippen molar-refractivity contribution in [2.45, 2.75) is 6.92 Å². The third-order valence-electron chi connectivity index (χ3n) is 2.85. The van der Waals surface area contributed by atoms with Crippen LogP contribution in [0.1, 0.15) is 5.56 Å². The van der Waals surface area contributed by atoms with Crippen LogP contribution in [-0.4, -0.2) is 19.6 Å². The predicted octanol–water partition coefficient (Wildman–Crippen LogP) is 3.76. The number of anilines is 2. The molecule has 0 unspecified atom stereocenters. The molecule has 21 heavy (non-hydrogen) atoms. The summed E-state index contributed by atoms with van der Waals surface area (Å²) in [6.07, 6.45) is 1.28. The minimum Gasteiger partial charge on any atom is -0.336 e. The molecule has 3 rings (SSSR count). The van der Waals surface area contributed by atoms with Gasteiger partial charge in [-0.25, -0.2) is 8.78 Å². The fourth-order valence-corrected chi connectivity index (χ4v) is 2.23. The van der Waals surface area contributed by atoms with E-state index in [9.17, 15) is 8.78 Å². The van der Waals surface area contributed by atoms with Gasteiger partial charge >= 0.3 is 0 Å². The molecule has 2 heterocycles. The summed E-state index contributed by atoms with van der Waals surface area (Å²) in [6, 6.07) is 1.73. The Morgan fingerprint density at radius 1 is 1.24 bits per heavy atom. The zero-order valence-electron chi connectivity index (χ0n) is 10.5. The summed E-state index contributed by atoms with van der Waals surface area (Å²) >= 11 is 11.9. The molecule has 0 saturated heterocycles. The van der Waals surface area contributed by atoms with Gasteiger partial charge in [-0.3, -0.25) is 0 Å². The lowest BCUT2D eigenvalue weighted by atomic mass is 10.2. The van der Waals surface area contributed by atoms with Crippen LogP contribution in [0.5, 0.6) is 0 Å². The van der Waals surface area contributed by atoms with Gasteiger partial charge in [0.1, 0.15) is 23.1 Å². The van der Waals surface area contributed by atoms with Gasteiger partial charge in [0.15, 0.2) is 5.82 Å². The smallest absolute Gasteiger partial charge is 0.255 e. The molecule has 0 aliphatic heterocycles. The number of hydrogen-bond acceptors (Lipinski definition) is 4. The van der Waals surface area contributed by atoms with E-state index in [1.807, 2.05) is 0 Å². The summed E-state index contributed by atoms with van der Waals surface area (Å²) in [5.74, 6) is -1.01. The lowest BCUT2D eigenvalue weighted by Gasteiger charge is -2.13. The van der Waals surface area contributed by atoms with Gasteiger partial charge < -0.3 is 5.32 Å². The third-order valence-corrected chi connectivity index (χ3v) is 3.52. The second-order valence-corrected chi connectivity index (χ2v) is 4.98. The average Bonchev–Trinajstić information content (AvgIpc) is 2.85.